The lowest BCUT2D eigenvalue weighted by molar-refractivity contribution is -0.149. The van der Waals surface area contributed by atoms with Gasteiger partial charge in [-0.05, 0) is 13.3 Å². The Balaban J connectivity index is 4.06. The maximum atomic E-state index is 11.7. The fourth-order valence-corrected chi connectivity index (χ4v) is 1.95. The van der Waals surface area contributed by atoms with Crippen molar-refractivity contribution in [3.63, 3.8) is 0 Å². The molecular formula is C10H21O6P. The zero-order valence-electron chi connectivity index (χ0n) is 10.8. The van der Waals surface area contributed by atoms with Crippen LogP contribution in [0.3, 0.4) is 0 Å². The van der Waals surface area contributed by atoms with Crippen molar-refractivity contribution >= 4 is 13.6 Å². The maximum Gasteiger partial charge on any atom is 0.327 e. The fraction of sp³-hybridized carbons (Fsp3) is 0.900. The SMILES string of the molecule is CCCOP(C)(=O)OCC(C)(O)COC(C)=O. The summed E-state index contributed by atoms with van der Waals surface area (Å²) >= 11 is 0. The van der Waals surface area contributed by atoms with Crippen LogP contribution in [0.4, 0.5) is 0 Å². The molecule has 0 aliphatic rings. The number of carbonyl (C=O) groups excluding carboxylic acids is 1. The first kappa shape index (κ1) is 16.6. The first-order chi connectivity index (χ1) is 7.68. The quantitative estimate of drug-likeness (QED) is 0.531. The van der Waals surface area contributed by atoms with E-state index in [2.05, 4.69) is 4.74 Å². The van der Waals surface area contributed by atoms with Crippen molar-refractivity contribution in [2.45, 2.75) is 32.8 Å². The molecule has 7 heteroatoms. The summed E-state index contributed by atoms with van der Waals surface area (Å²) in [5, 5.41) is 9.77. The summed E-state index contributed by atoms with van der Waals surface area (Å²) in [7, 11) is -3.15. The molecule has 0 fully saturated rings. The highest BCUT2D eigenvalue weighted by molar-refractivity contribution is 7.52. The Bertz CT molecular complexity index is 289. The van der Waals surface area contributed by atoms with E-state index in [1.54, 1.807) is 0 Å². The Kier molecular flexibility index (Phi) is 6.94. The number of esters is 1. The van der Waals surface area contributed by atoms with Crippen LogP contribution >= 0.6 is 7.60 Å². The molecule has 0 amide bonds. The molecule has 6 nitrogen and oxygen atoms in total. The molecule has 0 aromatic rings. The predicted molar refractivity (Wildman–Crippen MR) is 63.0 cm³/mol. The van der Waals surface area contributed by atoms with Crippen LogP contribution in [0.2, 0.25) is 0 Å². The summed E-state index contributed by atoms with van der Waals surface area (Å²) in [5.74, 6) is -0.493. The zero-order chi connectivity index (χ0) is 13.5. The number of ether oxygens (including phenoxy) is 1. The summed E-state index contributed by atoms with van der Waals surface area (Å²) in [6, 6.07) is 0. The van der Waals surface area contributed by atoms with E-state index in [1.807, 2.05) is 6.92 Å². The van der Waals surface area contributed by atoms with Gasteiger partial charge in [-0.2, -0.15) is 0 Å². The molecule has 0 bridgehead atoms. The number of carbonyl (C=O) groups is 1. The van der Waals surface area contributed by atoms with E-state index in [-0.39, 0.29) is 13.2 Å². The van der Waals surface area contributed by atoms with Gasteiger partial charge in [-0.15, -0.1) is 0 Å². The molecule has 2 atom stereocenters. The number of hydrogen-bond acceptors (Lipinski definition) is 6. The highest BCUT2D eigenvalue weighted by Crippen LogP contribution is 2.44. The lowest BCUT2D eigenvalue weighted by Crippen LogP contribution is -2.36. The summed E-state index contributed by atoms with van der Waals surface area (Å²) in [4.78, 5) is 10.6. The van der Waals surface area contributed by atoms with Crippen LogP contribution in [-0.2, 0) is 23.1 Å². The Hall–Kier alpha value is -0.420. The smallest absolute Gasteiger partial charge is 0.327 e. The van der Waals surface area contributed by atoms with Gasteiger partial charge in [0, 0.05) is 13.6 Å². The summed E-state index contributed by atoms with van der Waals surface area (Å²) in [6.45, 7) is 5.79. The third-order valence-electron chi connectivity index (χ3n) is 1.73. The van der Waals surface area contributed by atoms with E-state index in [0.29, 0.717) is 6.61 Å². The van der Waals surface area contributed by atoms with Gasteiger partial charge in [0.1, 0.15) is 12.2 Å². The first-order valence-corrected chi connectivity index (χ1v) is 7.40. The van der Waals surface area contributed by atoms with E-state index in [1.165, 1.54) is 20.5 Å². The van der Waals surface area contributed by atoms with Gasteiger partial charge in [0.25, 0.3) is 0 Å². The largest absolute Gasteiger partial charge is 0.463 e. The van der Waals surface area contributed by atoms with Gasteiger partial charge in [0.15, 0.2) is 0 Å². The highest BCUT2D eigenvalue weighted by atomic mass is 31.2. The summed E-state index contributed by atoms with van der Waals surface area (Å²) in [6.07, 6.45) is 0.727. The fourth-order valence-electron chi connectivity index (χ4n) is 0.849. The molecular weight excluding hydrogens is 247 g/mol. The van der Waals surface area contributed by atoms with Gasteiger partial charge >= 0.3 is 13.6 Å². The van der Waals surface area contributed by atoms with Crippen LogP contribution < -0.4 is 0 Å². The van der Waals surface area contributed by atoms with Crippen LogP contribution in [-0.4, -0.2) is 43.2 Å². The van der Waals surface area contributed by atoms with Gasteiger partial charge in [-0.1, -0.05) is 6.92 Å². The average molecular weight is 268 g/mol. The average Bonchev–Trinajstić information content (AvgIpc) is 2.22. The van der Waals surface area contributed by atoms with Crippen LogP contribution in [0.1, 0.15) is 27.2 Å². The standard InChI is InChI=1S/C10H21O6P/c1-5-6-15-17(4,13)16-8-10(3,12)7-14-9(2)11/h12H,5-8H2,1-4H3. The lowest BCUT2D eigenvalue weighted by atomic mass is 10.1. The lowest BCUT2D eigenvalue weighted by Gasteiger charge is -2.24. The summed E-state index contributed by atoms with van der Waals surface area (Å²) in [5.41, 5.74) is -1.38. The van der Waals surface area contributed by atoms with Crippen molar-refractivity contribution in [2.24, 2.45) is 0 Å². The van der Waals surface area contributed by atoms with Crippen molar-refractivity contribution in [1.82, 2.24) is 0 Å². The van der Waals surface area contributed by atoms with Gasteiger partial charge in [0.2, 0.25) is 0 Å². The van der Waals surface area contributed by atoms with E-state index < -0.39 is 19.2 Å². The second kappa shape index (κ2) is 7.11. The molecule has 2 unspecified atom stereocenters. The molecule has 1 N–H and O–H groups in total. The van der Waals surface area contributed by atoms with Crippen LogP contribution in [0.25, 0.3) is 0 Å². The van der Waals surface area contributed by atoms with Crippen molar-refractivity contribution in [2.75, 3.05) is 26.5 Å². The molecule has 0 radical (unpaired) electrons. The minimum atomic E-state index is -3.15. The van der Waals surface area contributed by atoms with Crippen molar-refractivity contribution in [3.8, 4) is 0 Å². The molecule has 0 aliphatic heterocycles. The second-order valence-corrected chi connectivity index (χ2v) is 6.21. The van der Waals surface area contributed by atoms with E-state index in [4.69, 9.17) is 9.05 Å². The van der Waals surface area contributed by atoms with E-state index in [0.717, 1.165) is 6.42 Å². The Morgan fingerprint density at radius 1 is 1.35 bits per heavy atom. The van der Waals surface area contributed by atoms with Gasteiger partial charge in [0.05, 0.1) is 13.2 Å². The van der Waals surface area contributed by atoms with E-state index >= 15 is 0 Å². The predicted octanol–water partition coefficient (Wildman–Crippen LogP) is 1.57. The van der Waals surface area contributed by atoms with Gasteiger partial charge in [-0.3, -0.25) is 9.36 Å². The number of rotatable bonds is 8. The van der Waals surface area contributed by atoms with E-state index in [9.17, 15) is 14.5 Å². The van der Waals surface area contributed by atoms with Gasteiger partial charge in [-0.25, -0.2) is 0 Å². The molecule has 0 aromatic carbocycles. The normalized spacial score (nSPS) is 18.2. The Morgan fingerprint density at radius 2 is 1.94 bits per heavy atom. The molecule has 0 spiro atoms. The molecule has 0 saturated heterocycles. The molecule has 0 rings (SSSR count). The molecule has 17 heavy (non-hydrogen) atoms. The number of hydrogen-bond donors (Lipinski definition) is 1. The molecule has 0 saturated carbocycles. The Morgan fingerprint density at radius 3 is 2.41 bits per heavy atom. The maximum absolute atomic E-state index is 11.7. The molecule has 102 valence electrons. The number of aliphatic hydroxyl groups is 1. The van der Waals surface area contributed by atoms with Crippen LogP contribution in [0.15, 0.2) is 0 Å². The highest BCUT2D eigenvalue weighted by Gasteiger charge is 2.27. The van der Waals surface area contributed by atoms with Crippen LogP contribution in [0, 0.1) is 0 Å². The van der Waals surface area contributed by atoms with Crippen molar-refractivity contribution in [1.29, 1.82) is 0 Å². The third-order valence-corrected chi connectivity index (χ3v) is 2.98. The van der Waals surface area contributed by atoms with Crippen molar-refractivity contribution < 1.29 is 28.3 Å². The first-order valence-electron chi connectivity index (χ1n) is 5.41. The topological polar surface area (TPSA) is 82.1 Å². The zero-order valence-corrected chi connectivity index (χ0v) is 11.7. The Labute approximate surface area is 102 Å². The molecule has 0 heterocycles. The van der Waals surface area contributed by atoms with Crippen molar-refractivity contribution in [3.05, 3.63) is 0 Å². The molecule has 0 aromatic heterocycles. The monoisotopic (exact) mass is 268 g/mol. The third kappa shape index (κ3) is 9.30. The van der Waals surface area contributed by atoms with Crippen LogP contribution in [0.5, 0.6) is 0 Å². The summed E-state index contributed by atoms with van der Waals surface area (Å²) < 4.78 is 26.4. The molecule has 0 aliphatic carbocycles. The minimum Gasteiger partial charge on any atom is -0.463 e. The minimum absolute atomic E-state index is 0.212. The van der Waals surface area contributed by atoms with Gasteiger partial charge < -0.3 is 18.9 Å². The second-order valence-electron chi connectivity index (χ2n) is 4.16.